The Morgan fingerprint density at radius 1 is 1.36 bits per heavy atom. The van der Waals surface area contributed by atoms with E-state index in [1.807, 2.05) is 31.2 Å². The number of rotatable bonds is 3. The lowest BCUT2D eigenvalue weighted by Crippen LogP contribution is -2.30. The number of thiazole rings is 1. The van der Waals surface area contributed by atoms with E-state index in [-0.39, 0.29) is 24.3 Å². The Labute approximate surface area is 133 Å². The maximum atomic E-state index is 12.5. The number of nitrogens with one attached hydrogen (secondary N) is 1. The van der Waals surface area contributed by atoms with Crippen molar-refractivity contribution < 1.29 is 9.59 Å². The molecule has 3 rings (SSSR count). The molecule has 22 heavy (non-hydrogen) atoms. The number of hydrogen-bond donors (Lipinski definition) is 1. The highest BCUT2D eigenvalue weighted by Crippen LogP contribution is 2.37. The van der Waals surface area contributed by atoms with Gasteiger partial charge in [0.25, 0.3) is 0 Å². The van der Waals surface area contributed by atoms with Crippen LogP contribution in [0.25, 0.3) is 0 Å². The Balaban J connectivity index is 1.86. The molecular weight excluding hydrogens is 298 g/mol. The summed E-state index contributed by atoms with van der Waals surface area (Å²) in [5, 5.41) is 5.17. The van der Waals surface area contributed by atoms with Gasteiger partial charge in [-0.3, -0.25) is 9.59 Å². The summed E-state index contributed by atoms with van der Waals surface area (Å²) in [6.45, 7) is 2.01. The first-order chi connectivity index (χ1) is 10.6. The van der Waals surface area contributed by atoms with E-state index in [1.54, 1.807) is 23.5 Å². The van der Waals surface area contributed by atoms with Crippen molar-refractivity contribution in [3.05, 3.63) is 47.0 Å². The van der Waals surface area contributed by atoms with Gasteiger partial charge in [0.15, 0.2) is 5.13 Å². The molecule has 1 saturated heterocycles. The van der Waals surface area contributed by atoms with Crippen LogP contribution in [-0.4, -0.2) is 28.7 Å². The number of hydrogen-bond acceptors (Lipinski definition) is 4. The van der Waals surface area contributed by atoms with Gasteiger partial charge in [0.1, 0.15) is 0 Å². The van der Waals surface area contributed by atoms with Gasteiger partial charge in [-0.1, -0.05) is 29.8 Å². The van der Waals surface area contributed by atoms with E-state index < -0.39 is 5.92 Å². The van der Waals surface area contributed by atoms with Crippen LogP contribution in [0.4, 0.5) is 5.13 Å². The quantitative estimate of drug-likeness (QED) is 0.947. The van der Waals surface area contributed by atoms with Crippen LogP contribution in [0, 0.1) is 12.8 Å². The van der Waals surface area contributed by atoms with E-state index in [1.165, 1.54) is 11.3 Å². The minimum Gasteiger partial charge on any atom is -0.338 e. The second-order valence-corrected chi connectivity index (χ2v) is 6.39. The first-order valence-electron chi connectivity index (χ1n) is 7.09. The molecule has 2 atom stereocenters. The highest BCUT2D eigenvalue weighted by atomic mass is 32.1. The van der Waals surface area contributed by atoms with Gasteiger partial charge in [0.2, 0.25) is 11.8 Å². The van der Waals surface area contributed by atoms with Crippen LogP contribution in [0.2, 0.25) is 0 Å². The third kappa shape index (κ3) is 2.74. The summed E-state index contributed by atoms with van der Waals surface area (Å²) in [5.74, 6) is -0.563. The van der Waals surface area contributed by atoms with Crippen LogP contribution >= 0.6 is 11.3 Å². The van der Waals surface area contributed by atoms with Crippen LogP contribution in [0.15, 0.2) is 35.8 Å². The predicted octanol–water partition coefficient (Wildman–Crippen LogP) is 2.61. The van der Waals surface area contributed by atoms with Crippen molar-refractivity contribution in [3.63, 3.8) is 0 Å². The Bertz CT molecular complexity index is 682. The van der Waals surface area contributed by atoms with Gasteiger partial charge in [0, 0.05) is 25.0 Å². The minimum absolute atomic E-state index is 0.00939. The lowest BCUT2D eigenvalue weighted by atomic mass is 9.92. The molecule has 0 aliphatic carbocycles. The molecule has 5 nitrogen and oxygen atoms in total. The standard InChI is InChI=1S/C16H17N3O2S/c1-10-3-5-11(6-4-10)14-12(9-13(20)19(14)2)15(21)18-16-17-7-8-22-16/h3-8,12,14H,9H2,1-2H3,(H,17,18,21)/t12-,14-/m1/s1. The zero-order chi connectivity index (χ0) is 15.7. The van der Waals surface area contributed by atoms with E-state index in [4.69, 9.17) is 0 Å². The zero-order valence-electron chi connectivity index (χ0n) is 12.4. The Morgan fingerprint density at radius 2 is 2.09 bits per heavy atom. The SMILES string of the molecule is Cc1ccc([C@@H]2[C@H](C(=O)Nc3nccs3)CC(=O)N2C)cc1. The molecule has 6 heteroatoms. The highest BCUT2D eigenvalue weighted by molar-refractivity contribution is 7.13. The Hall–Kier alpha value is -2.21. The highest BCUT2D eigenvalue weighted by Gasteiger charge is 2.42. The third-order valence-electron chi connectivity index (χ3n) is 4.00. The summed E-state index contributed by atoms with van der Waals surface area (Å²) in [6, 6.07) is 7.74. The number of aromatic nitrogens is 1. The van der Waals surface area contributed by atoms with Crippen LogP contribution in [-0.2, 0) is 9.59 Å². The van der Waals surface area contributed by atoms with Gasteiger partial charge in [-0.15, -0.1) is 11.3 Å². The Morgan fingerprint density at radius 3 is 2.73 bits per heavy atom. The molecule has 2 amide bonds. The molecular formula is C16H17N3O2S. The summed E-state index contributed by atoms with van der Waals surface area (Å²) in [6.07, 6.45) is 1.87. The van der Waals surface area contributed by atoms with Crippen molar-refractivity contribution in [2.75, 3.05) is 12.4 Å². The molecule has 2 aromatic rings. The Kier molecular flexibility index (Phi) is 3.94. The van der Waals surface area contributed by atoms with Crippen LogP contribution in [0.3, 0.4) is 0 Å². The number of aryl methyl sites for hydroxylation is 1. The second-order valence-electron chi connectivity index (χ2n) is 5.50. The van der Waals surface area contributed by atoms with Gasteiger partial charge < -0.3 is 10.2 Å². The van der Waals surface area contributed by atoms with Crippen molar-refractivity contribution in [1.29, 1.82) is 0 Å². The van der Waals surface area contributed by atoms with Gasteiger partial charge in [-0.25, -0.2) is 4.98 Å². The van der Waals surface area contributed by atoms with E-state index in [0.717, 1.165) is 11.1 Å². The normalized spacial score (nSPS) is 21.2. The lowest BCUT2D eigenvalue weighted by molar-refractivity contribution is -0.127. The monoisotopic (exact) mass is 315 g/mol. The van der Waals surface area contributed by atoms with Crippen molar-refractivity contribution in [2.24, 2.45) is 5.92 Å². The van der Waals surface area contributed by atoms with E-state index >= 15 is 0 Å². The summed E-state index contributed by atoms with van der Waals surface area (Å²) < 4.78 is 0. The maximum Gasteiger partial charge on any atom is 0.232 e. The van der Waals surface area contributed by atoms with Crippen molar-refractivity contribution in [3.8, 4) is 0 Å². The maximum absolute atomic E-state index is 12.5. The number of nitrogens with zero attached hydrogens (tertiary/aromatic N) is 2. The summed E-state index contributed by atoms with van der Waals surface area (Å²) in [4.78, 5) is 30.3. The topological polar surface area (TPSA) is 62.3 Å². The summed E-state index contributed by atoms with van der Waals surface area (Å²) in [7, 11) is 1.75. The molecule has 1 aromatic heterocycles. The number of amides is 2. The van der Waals surface area contributed by atoms with Gasteiger partial charge in [-0.05, 0) is 12.5 Å². The van der Waals surface area contributed by atoms with Gasteiger partial charge in [-0.2, -0.15) is 0 Å². The van der Waals surface area contributed by atoms with Crippen LogP contribution in [0.1, 0.15) is 23.6 Å². The lowest BCUT2D eigenvalue weighted by Gasteiger charge is -2.24. The average molecular weight is 315 g/mol. The van der Waals surface area contributed by atoms with Crippen molar-refractivity contribution in [1.82, 2.24) is 9.88 Å². The number of benzene rings is 1. The smallest absolute Gasteiger partial charge is 0.232 e. The molecule has 1 aliphatic heterocycles. The first kappa shape index (κ1) is 14.7. The van der Waals surface area contributed by atoms with E-state index in [0.29, 0.717) is 5.13 Å². The van der Waals surface area contributed by atoms with Crippen molar-refractivity contribution in [2.45, 2.75) is 19.4 Å². The molecule has 0 unspecified atom stereocenters. The average Bonchev–Trinajstić information content (AvgIpc) is 3.10. The number of carbonyl (C=O) groups excluding carboxylic acids is 2. The minimum atomic E-state index is -0.399. The fraction of sp³-hybridized carbons (Fsp3) is 0.312. The fourth-order valence-electron chi connectivity index (χ4n) is 2.81. The van der Waals surface area contributed by atoms with Gasteiger partial charge in [0.05, 0.1) is 12.0 Å². The number of anilines is 1. The fourth-order valence-corrected chi connectivity index (χ4v) is 3.34. The summed E-state index contributed by atoms with van der Waals surface area (Å²) in [5.41, 5.74) is 2.14. The van der Waals surface area contributed by atoms with E-state index in [9.17, 15) is 9.59 Å². The summed E-state index contributed by atoms with van der Waals surface area (Å²) >= 11 is 1.37. The molecule has 1 aliphatic rings. The van der Waals surface area contributed by atoms with Crippen molar-refractivity contribution >= 4 is 28.3 Å². The van der Waals surface area contributed by atoms with Gasteiger partial charge >= 0.3 is 0 Å². The molecule has 1 aromatic carbocycles. The molecule has 1 N–H and O–H groups in total. The number of carbonyl (C=O) groups is 2. The molecule has 114 valence electrons. The largest absolute Gasteiger partial charge is 0.338 e. The molecule has 0 spiro atoms. The number of likely N-dealkylation sites (tertiary alicyclic amines) is 1. The predicted molar refractivity (Wildman–Crippen MR) is 85.5 cm³/mol. The third-order valence-corrected chi connectivity index (χ3v) is 4.69. The first-order valence-corrected chi connectivity index (χ1v) is 7.97. The van der Waals surface area contributed by atoms with E-state index in [2.05, 4.69) is 10.3 Å². The molecule has 0 radical (unpaired) electrons. The zero-order valence-corrected chi connectivity index (χ0v) is 13.3. The molecule has 0 bridgehead atoms. The molecule has 2 heterocycles. The van der Waals surface area contributed by atoms with Crippen LogP contribution < -0.4 is 5.32 Å². The molecule has 1 fully saturated rings. The second kappa shape index (κ2) is 5.88. The van der Waals surface area contributed by atoms with Crippen LogP contribution in [0.5, 0.6) is 0 Å². The molecule has 0 saturated carbocycles.